The molecule has 1 atom stereocenters. The molecule has 5 rings (SSSR count). The third kappa shape index (κ3) is 8.25. The van der Waals surface area contributed by atoms with Crippen molar-refractivity contribution in [3.05, 3.63) is 88.4 Å². The van der Waals surface area contributed by atoms with Gasteiger partial charge in [0, 0.05) is 31.1 Å². The van der Waals surface area contributed by atoms with Crippen molar-refractivity contribution in [2.75, 3.05) is 19.0 Å². The average Bonchev–Trinajstić information content (AvgIpc) is 3.74. The summed E-state index contributed by atoms with van der Waals surface area (Å²) in [6, 6.07) is 10.9. The number of nitrogens with zero attached hydrogens (tertiary/aromatic N) is 8. The van der Waals surface area contributed by atoms with Gasteiger partial charge in [0.05, 0.1) is 36.2 Å². The van der Waals surface area contributed by atoms with Crippen LogP contribution in [0.2, 0.25) is 10.2 Å². The molecule has 0 aliphatic rings. The molecule has 2 aromatic carbocycles. The number of hydrogen-bond donors (Lipinski definition) is 3. The van der Waals surface area contributed by atoms with Crippen molar-refractivity contribution >= 4 is 46.9 Å². The quantitative estimate of drug-likeness (QED) is 0.184. The van der Waals surface area contributed by atoms with Crippen LogP contribution in [0.1, 0.15) is 36.0 Å². The SMILES string of the molecule is CNC(=O)Oc1ccc(-c2nc([C@H](CC(=O)N(C)c3cnc(C)cn3)NC(=O)CCc3cc(Cl)ccc3-n3cnnn3)[nH]c2Cl)cc1. The molecule has 0 aliphatic carbocycles. The Morgan fingerprint density at radius 2 is 1.87 bits per heavy atom. The van der Waals surface area contributed by atoms with E-state index in [1.807, 2.05) is 0 Å². The Bertz CT molecular complexity index is 1860. The maximum Gasteiger partial charge on any atom is 0.412 e. The molecule has 0 fully saturated rings. The van der Waals surface area contributed by atoms with Gasteiger partial charge in [0.1, 0.15) is 28.7 Å². The molecule has 3 aromatic heterocycles. The molecule has 3 N–H and O–H groups in total. The monoisotopic (exact) mass is 677 g/mol. The molecule has 0 bridgehead atoms. The van der Waals surface area contributed by atoms with Crippen LogP contribution in [0.25, 0.3) is 16.9 Å². The molecule has 0 saturated heterocycles. The number of benzene rings is 2. The van der Waals surface area contributed by atoms with Gasteiger partial charge in [0.2, 0.25) is 11.8 Å². The number of aromatic amines is 1. The molecule has 0 aliphatic heterocycles. The first-order valence-electron chi connectivity index (χ1n) is 14.2. The normalized spacial score (nSPS) is 11.5. The van der Waals surface area contributed by atoms with Gasteiger partial charge in [-0.2, -0.15) is 0 Å². The zero-order valence-electron chi connectivity index (χ0n) is 25.4. The Balaban J connectivity index is 1.37. The summed E-state index contributed by atoms with van der Waals surface area (Å²) in [5.74, 6) is 0.222. The van der Waals surface area contributed by atoms with E-state index < -0.39 is 12.1 Å². The Hall–Kier alpha value is -5.41. The summed E-state index contributed by atoms with van der Waals surface area (Å²) < 4.78 is 6.63. The van der Waals surface area contributed by atoms with Gasteiger partial charge >= 0.3 is 6.09 Å². The molecule has 5 aromatic rings. The molecule has 0 saturated carbocycles. The number of amides is 3. The van der Waals surface area contributed by atoms with Crippen LogP contribution in [0.3, 0.4) is 0 Å². The van der Waals surface area contributed by atoms with Crippen molar-refractivity contribution in [2.45, 2.75) is 32.2 Å². The van der Waals surface area contributed by atoms with Gasteiger partial charge in [-0.25, -0.2) is 19.4 Å². The summed E-state index contributed by atoms with van der Waals surface area (Å²) >= 11 is 12.8. The topological polar surface area (TPSA) is 186 Å². The summed E-state index contributed by atoms with van der Waals surface area (Å²) in [6.45, 7) is 1.79. The van der Waals surface area contributed by atoms with E-state index in [2.05, 4.69) is 46.1 Å². The lowest BCUT2D eigenvalue weighted by Crippen LogP contribution is -2.35. The Labute approximate surface area is 278 Å². The van der Waals surface area contributed by atoms with E-state index in [4.69, 9.17) is 27.9 Å². The van der Waals surface area contributed by atoms with Crippen LogP contribution in [0, 0.1) is 6.92 Å². The minimum Gasteiger partial charge on any atom is -0.410 e. The number of carbonyl (C=O) groups is 3. The van der Waals surface area contributed by atoms with E-state index in [9.17, 15) is 14.4 Å². The summed E-state index contributed by atoms with van der Waals surface area (Å²) in [4.78, 5) is 55.9. The van der Waals surface area contributed by atoms with Crippen molar-refractivity contribution in [1.29, 1.82) is 0 Å². The number of H-pyrrole nitrogens is 1. The largest absolute Gasteiger partial charge is 0.412 e. The number of rotatable bonds is 11. The number of nitrogens with one attached hydrogen (secondary N) is 3. The van der Waals surface area contributed by atoms with Gasteiger partial charge in [-0.05, 0) is 71.8 Å². The highest BCUT2D eigenvalue weighted by Crippen LogP contribution is 2.30. The van der Waals surface area contributed by atoms with Gasteiger partial charge in [-0.15, -0.1) is 5.10 Å². The van der Waals surface area contributed by atoms with Crippen LogP contribution < -0.4 is 20.3 Å². The van der Waals surface area contributed by atoms with Crippen LogP contribution in [-0.4, -0.2) is 72.1 Å². The number of imidazole rings is 1. The van der Waals surface area contributed by atoms with Crippen LogP contribution >= 0.6 is 23.2 Å². The molecular weight excluding hydrogens is 649 g/mol. The molecule has 0 radical (unpaired) electrons. The molecule has 242 valence electrons. The third-order valence-corrected chi connectivity index (χ3v) is 7.52. The Morgan fingerprint density at radius 1 is 1.09 bits per heavy atom. The van der Waals surface area contributed by atoms with E-state index in [0.717, 1.165) is 5.56 Å². The first-order chi connectivity index (χ1) is 22.6. The van der Waals surface area contributed by atoms with E-state index in [0.29, 0.717) is 45.6 Å². The highest BCUT2D eigenvalue weighted by molar-refractivity contribution is 6.32. The zero-order valence-corrected chi connectivity index (χ0v) is 27.0. The fourth-order valence-electron chi connectivity index (χ4n) is 4.54. The first kappa shape index (κ1) is 33.0. The highest BCUT2D eigenvalue weighted by atomic mass is 35.5. The second-order valence-electron chi connectivity index (χ2n) is 10.3. The van der Waals surface area contributed by atoms with E-state index in [1.54, 1.807) is 62.6 Å². The van der Waals surface area contributed by atoms with Crippen molar-refractivity contribution < 1.29 is 19.1 Å². The standard InChI is InChI=1S/C30H29Cl2N11O4/c1-17-14-35-24(15-34-17)42(3)26(45)13-22(29-38-27(28(32)39-29)18-4-8-21(9-5-18)47-30(46)33-2)37-25(44)11-6-19-12-20(31)7-10-23(19)43-16-36-40-41-43/h4-5,7-10,12,14-16,22H,6,11,13H2,1-3H3,(H,33,46)(H,37,44)(H,38,39)/t22-/m0/s1. The number of halogens is 2. The lowest BCUT2D eigenvalue weighted by molar-refractivity contribution is -0.122. The van der Waals surface area contributed by atoms with E-state index >= 15 is 0 Å². The molecule has 15 nitrogen and oxygen atoms in total. The maximum absolute atomic E-state index is 13.4. The highest BCUT2D eigenvalue weighted by Gasteiger charge is 2.26. The summed E-state index contributed by atoms with van der Waals surface area (Å²) in [7, 11) is 3.03. The van der Waals surface area contributed by atoms with Crippen LogP contribution in [-0.2, 0) is 16.0 Å². The average molecular weight is 679 g/mol. The van der Waals surface area contributed by atoms with E-state index in [-0.39, 0.29) is 35.6 Å². The second kappa shape index (κ2) is 14.8. The summed E-state index contributed by atoms with van der Waals surface area (Å²) in [6.07, 6.45) is 4.07. The van der Waals surface area contributed by atoms with Gasteiger partial charge in [-0.1, -0.05) is 23.2 Å². The molecular formula is C30H29Cl2N11O4. The number of aryl methyl sites for hydroxylation is 2. The molecule has 3 amide bonds. The molecule has 17 heteroatoms. The lowest BCUT2D eigenvalue weighted by Gasteiger charge is -2.21. The van der Waals surface area contributed by atoms with E-state index in [1.165, 1.54) is 29.2 Å². The minimum atomic E-state index is -0.892. The fraction of sp³-hybridized carbons (Fsp3) is 0.233. The number of hydrogen-bond acceptors (Lipinski definition) is 10. The molecule has 3 heterocycles. The summed E-state index contributed by atoms with van der Waals surface area (Å²) in [5, 5.41) is 17.3. The second-order valence-corrected chi connectivity index (χ2v) is 11.1. The van der Waals surface area contributed by atoms with Gasteiger partial charge in [-0.3, -0.25) is 19.5 Å². The van der Waals surface area contributed by atoms with Crippen LogP contribution in [0.15, 0.2) is 61.2 Å². The van der Waals surface area contributed by atoms with Crippen molar-refractivity contribution in [3.8, 4) is 22.7 Å². The Morgan fingerprint density at radius 3 is 2.55 bits per heavy atom. The van der Waals surface area contributed by atoms with Crippen LogP contribution in [0.4, 0.5) is 10.6 Å². The number of ether oxygens (including phenoxy) is 1. The predicted molar refractivity (Wildman–Crippen MR) is 172 cm³/mol. The number of tetrazole rings is 1. The summed E-state index contributed by atoms with van der Waals surface area (Å²) in [5.41, 5.74) is 3.11. The van der Waals surface area contributed by atoms with Gasteiger partial charge in [0.15, 0.2) is 5.82 Å². The van der Waals surface area contributed by atoms with Crippen LogP contribution in [0.5, 0.6) is 5.75 Å². The van der Waals surface area contributed by atoms with Gasteiger partial charge < -0.3 is 20.4 Å². The van der Waals surface area contributed by atoms with Crippen molar-refractivity contribution in [3.63, 3.8) is 0 Å². The predicted octanol–water partition coefficient (Wildman–Crippen LogP) is 4.02. The molecule has 0 unspecified atom stereocenters. The number of aromatic nitrogens is 8. The Kier molecular flexibility index (Phi) is 10.4. The minimum absolute atomic E-state index is 0.0491. The lowest BCUT2D eigenvalue weighted by atomic mass is 10.1. The molecule has 0 spiro atoms. The number of carbonyl (C=O) groups excluding carboxylic acids is 3. The maximum atomic E-state index is 13.4. The van der Waals surface area contributed by atoms with Gasteiger partial charge in [0.25, 0.3) is 0 Å². The smallest absolute Gasteiger partial charge is 0.410 e. The zero-order chi connectivity index (χ0) is 33.5. The van der Waals surface area contributed by atoms with Crippen molar-refractivity contribution in [1.82, 2.24) is 50.8 Å². The number of anilines is 1. The third-order valence-electron chi connectivity index (χ3n) is 7.01. The first-order valence-corrected chi connectivity index (χ1v) is 15.0. The molecule has 47 heavy (non-hydrogen) atoms. The fourth-order valence-corrected chi connectivity index (χ4v) is 4.99. The van der Waals surface area contributed by atoms with Crippen molar-refractivity contribution in [2.24, 2.45) is 0 Å².